The van der Waals surface area contributed by atoms with Crippen LogP contribution < -0.4 is 61.8 Å². The lowest BCUT2D eigenvalue weighted by Crippen LogP contribution is -2.51. The highest BCUT2D eigenvalue weighted by molar-refractivity contribution is 9.10. The second kappa shape index (κ2) is 49.8. The molecule has 0 spiro atoms. The van der Waals surface area contributed by atoms with Gasteiger partial charge in [-0.05, 0) is 142 Å². The minimum atomic E-state index is -2.30. The van der Waals surface area contributed by atoms with Gasteiger partial charge in [0.15, 0.2) is 34.8 Å². The van der Waals surface area contributed by atoms with Crippen LogP contribution in [-0.2, 0) is 96.3 Å². The topological polar surface area (TPSA) is 668 Å². The average molecular weight is 1860 g/mol. The highest BCUT2D eigenvalue weighted by Gasteiger charge is 2.35. The Balaban J connectivity index is 0.000000305. The van der Waals surface area contributed by atoms with Gasteiger partial charge < -0.3 is 117 Å². The fourth-order valence-corrected chi connectivity index (χ4v) is 12.7. The third-order valence-electron chi connectivity index (χ3n) is 18.4. The Kier molecular flexibility index (Phi) is 41.4. The molecular formula is C86H95BrF5N11O23S. The summed E-state index contributed by atoms with van der Waals surface area (Å²) >= 11 is 5.03. The normalized spacial score (nSPS) is 12.9. The standard InChI is InChI=1S/C16H17NO2.C12H12BrNO2.C12H17NO3.C11H11NO2S.C9H6F5NO2.C9H10N2O5.C9H12N2O3.C8H10N2O4/c17-16(15(18)19,11-13-7-3-1-4-8-13)12-14-9-5-2-6-10-14;13-9-4-3-7-1-2-8(10(7)6-9)5-11(14)12(15)16;1-8-4-5-9(6-10(8)16-3)7-12(2,13)11(14)15;12-9(11(13)14)5-7-6-15-10-4-2-1-3-8(7)10;10-4-2(1-3(15)9(16)17)5(11)7(13)8(14)6(4)12;10-6(9(13)14)3-5-1-2-8(12)7(4-5)11(15)16;10-7-4-6(12)2-1-5(7)3-8(11)9(13)14;9-5(8(13)14)3-10-2-1-6(11)7(12)4-10/h1-10H,11-12,17H2,(H,18,19);2-4,6,11H,1,5,14H2,(H,15,16);4-6H,7,13H2,1-3H3,(H,14,15);1-4,6,9H,5,12H2,(H,13,14);3H,1,15H2,(H,16,17);1-2,4,6,12H,3,10H2,(H,13,14);1-2,4,8,12H,3,10-11H2,(H,13,14);1-2,4-5,12H,3,9H2,(H,13,14). The Morgan fingerprint density at radius 3 is 1.53 bits per heavy atom. The molecule has 2 heterocycles. The number of allylic oxidation sites excluding steroid dienone is 1. The summed E-state index contributed by atoms with van der Waals surface area (Å²) in [7, 11) is 1.59. The molecule has 7 unspecified atom stereocenters. The van der Waals surface area contributed by atoms with Crippen molar-refractivity contribution in [3.05, 3.63) is 297 Å². The van der Waals surface area contributed by atoms with E-state index in [1.54, 1.807) is 24.5 Å². The van der Waals surface area contributed by atoms with Crippen LogP contribution in [0.4, 0.5) is 33.3 Å². The number of carbonyl (C=O) groups is 8. The Bertz CT molecular complexity index is 5530. The number of aliphatic carboxylic acids is 8. The number of halogens is 6. The number of benzene rings is 8. The van der Waals surface area contributed by atoms with Crippen molar-refractivity contribution in [3.8, 4) is 23.0 Å². The van der Waals surface area contributed by atoms with E-state index < -0.39 is 164 Å². The second-order valence-corrected chi connectivity index (χ2v) is 30.4. The number of aromatic hydroxyl groups is 3. The first-order chi connectivity index (χ1) is 59.4. The maximum atomic E-state index is 13.1. The molecule has 29 N–H and O–H groups in total. The molecule has 0 saturated carbocycles. The van der Waals surface area contributed by atoms with Crippen LogP contribution >= 0.6 is 27.3 Å². The largest absolute Gasteiger partial charge is 0.508 e. The van der Waals surface area contributed by atoms with Crippen LogP contribution in [0.25, 0.3) is 15.7 Å². The predicted octanol–water partition coefficient (Wildman–Crippen LogP) is 8.13. The number of aryl methyl sites for hydroxylation is 1. The SMILES string of the molecule is COc1cc(CC(C)(N)C(=O)O)ccc1C.NC(CC1=CCc2ccc(Br)cc21)C(=O)O.NC(Cc1c(F)c(F)c(F)c(F)c1F)C(=O)O.NC(Cc1ccc(O)c([N+](=O)[O-])c1)C(=O)O.NC(Cc1ccccc1)(Cc1ccccc1)C(=O)O.NC(Cc1csc2ccccc12)C(=O)O.NC(Cn1ccc(=O)c(O)c1)C(=O)O.Nc1cc(O)ccc1CC(N)C(=O)O. The number of hydrogen-bond donors (Lipinski definition) is 20. The number of anilines is 1. The molecule has 0 aliphatic heterocycles. The number of aromatic nitrogens is 1. The zero-order valence-electron chi connectivity index (χ0n) is 68.0. The Labute approximate surface area is 733 Å². The average Bonchev–Trinajstić information content (AvgIpc) is 1.04. The monoisotopic (exact) mass is 1860 g/mol. The van der Waals surface area contributed by atoms with Crippen LogP contribution in [0, 0.1) is 46.1 Å². The maximum Gasteiger partial charge on any atom is 0.324 e. The van der Waals surface area contributed by atoms with Gasteiger partial charge in [-0.15, -0.1) is 11.3 Å². The third kappa shape index (κ3) is 33.8. The second-order valence-electron chi connectivity index (χ2n) is 28.6. The molecule has 680 valence electrons. The first-order valence-corrected chi connectivity index (χ1v) is 39.1. The Hall–Kier alpha value is -13.6. The lowest BCUT2D eigenvalue weighted by atomic mass is 9.86. The van der Waals surface area contributed by atoms with Crippen LogP contribution in [0.2, 0.25) is 0 Å². The van der Waals surface area contributed by atoms with Gasteiger partial charge in [0.2, 0.25) is 11.2 Å². The molecule has 11 rings (SSSR count). The smallest absolute Gasteiger partial charge is 0.324 e. The molecule has 2 aromatic heterocycles. The molecule has 41 heteroatoms. The van der Waals surface area contributed by atoms with Crippen molar-refractivity contribution in [2.24, 2.45) is 45.9 Å². The fourth-order valence-electron chi connectivity index (χ4n) is 11.4. The van der Waals surface area contributed by atoms with Crippen molar-refractivity contribution in [1.29, 1.82) is 0 Å². The summed E-state index contributed by atoms with van der Waals surface area (Å²) in [5.74, 6) is -19.7. The lowest BCUT2D eigenvalue weighted by molar-refractivity contribution is -0.385. The van der Waals surface area contributed by atoms with Crippen LogP contribution in [0.3, 0.4) is 0 Å². The number of nitrogens with zero attached hydrogens (tertiary/aromatic N) is 2. The molecule has 0 amide bonds. The third-order valence-corrected chi connectivity index (χ3v) is 19.9. The van der Waals surface area contributed by atoms with Gasteiger partial charge in [0.1, 0.15) is 58.8 Å². The zero-order chi connectivity index (χ0) is 95.7. The van der Waals surface area contributed by atoms with Gasteiger partial charge in [-0.1, -0.05) is 131 Å². The molecule has 7 atom stereocenters. The number of carboxylic acids is 8. The van der Waals surface area contributed by atoms with Gasteiger partial charge in [-0.3, -0.25) is 53.3 Å². The van der Waals surface area contributed by atoms with E-state index in [1.165, 1.54) is 46.2 Å². The first-order valence-electron chi connectivity index (χ1n) is 37.4. The van der Waals surface area contributed by atoms with E-state index >= 15 is 0 Å². The Morgan fingerprint density at radius 1 is 0.543 bits per heavy atom. The van der Waals surface area contributed by atoms with Crippen LogP contribution in [-0.4, -0.2) is 168 Å². The number of nitro benzene ring substituents is 1. The summed E-state index contributed by atoms with van der Waals surface area (Å²) in [6.45, 7) is 3.44. The molecule has 0 saturated heterocycles. The van der Waals surface area contributed by atoms with Crippen molar-refractivity contribution < 1.29 is 126 Å². The number of nitro groups is 1. The Morgan fingerprint density at radius 2 is 1.03 bits per heavy atom. The number of ether oxygens (including phenoxy) is 1. The molecule has 1 aliphatic rings. The van der Waals surface area contributed by atoms with E-state index in [0.717, 1.165) is 85.4 Å². The van der Waals surface area contributed by atoms with Gasteiger partial charge in [0.05, 0.1) is 12.0 Å². The van der Waals surface area contributed by atoms with Crippen molar-refractivity contribution in [2.75, 3.05) is 12.8 Å². The fraction of sp³-hybridized carbons (Fsp3) is 0.244. The molecule has 0 radical (unpaired) electrons. The van der Waals surface area contributed by atoms with Crippen molar-refractivity contribution in [2.45, 2.75) is 126 Å². The van der Waals surface area contributed by atoms with Gasteiger partial charge in [-0.2, -0.15) is 0 Å². The van der Waals surface area contributed by atoms with E-state index in [1.807, 2.05) is 128 Å². The predicted molar refractivity (Wildman–Crippen MR) is 463 cm³/mol. The molecule has 10 aromatic rings. The number of fused-ring (bicyclic) bond motifs is 2. The summed E-state index contributed by atoms with van der Waals surface area (Å²) < 4.78 is 72.8. The van der Waals surface area contributed by atoms with Crippen molar-refractivity contribution in [1.82, 2.24) is 4.57 Å². The number of pyridine rings is 1. The summed E-state index contributed by atoms with van der Waals surface area (Å²) in [5, 5.41) is 111. The molecule has 34 nitrogen and oxygen atoms in total. The highest BCUT2D eigenvalue weighted by Crippen LogP contribution is 2.34. The molecule has 127 heavy (non-hydrogen) atoms. The molecular weight excluding hydrogens is 1760 g/mol. The van der Waals surface area contributed by atoms with Gasteiger partial charge >= 0.3 is 53.4 Å². The zero-order valence-corrected chi connectivity index (χ0v) is 70.4. The van der Waals surface area contributed by atoms with Crippen LogP contribution in [0.15, 0.2) is 197 Å². The van der Waals surface area contributed by atoms with E-state index in [2.05, 4.69) is 28.1 Å². The number of hydrogen-bond acceptors (Lipinski definition) is 25. The summed E-state index contributed by atoms with van der Waals surface area (Å²) in [5.41, 5.74) is 54.0. The molecule has 0 fully saturated rings. The number of nitrogens with two attached hydrogens (primary N) is 9. The summed E-state index contributed by atoms with van der Waals surface area (Å²) in [4.78, 5) is 106. The summed E-state index contributed by atoms with van der Waals surface area (Å²) in [6, 6.07) is 41.1. The number of phenols is 2. The van der Waals surface area contributed by atoms with Gasteiger partial charge in [0, 0.05) is 89.7 Å². The number of nitrogen functional groups attached to an aromatic ring is 1. The lowest BCUT2D eigenvalue weighted by Gasteiger charge is -2.25. The number of rotatable bonds is 28. The van der Waals surface area contributed by atoms with Gasteiger partial charge in [-0.25, -0.2) is 22.0 Å². The minimum absolute atomic E-state index is 0.00315. The van der Waals surface area contributed by atoms with E-state index in [9.17, 15) is 80.3 Å². The van der Waals surface area contributed by atoms with E-state index in [0.29, 0.717) is 42.5 Å². The highest BCUT2D eigenvalue weighted by atomic mass is 79.9. The quantitative estimate of drug-likeness (QED) is 0.00549. The molecule has 8 aromatic carbocycles. The minimum Gasteiger partial charge on any atom is -0.508 e. The van der Waals surface area contributed by atoms with Crippen LogP contribution in [0.5, 0.6) is 23.0 Å². The number of thiophene rings is 1. The number of carboxylic acid groups (broad SMARTS) is 8. The first kappa shape index (κ1) is 106. The summed E-state index contributed by atoms with van der Waals surface area (Å²) in [6.07, 6.45) is 6.24. The van der Waals surface area contributed by atoms with Crippen LogP contribution in [0.1, 0.15) is 69.0 Å². The van der Waals surface area contributed by atoms with E-state index in [-0.39, 0.29) is 31.6 Å². The molecule has 1 aliphatic carbocycles. The number of phenolic OH excluding ortho intramolecular Hbond substituents is 2. The van der Waals surface area contributed by atoms with Crippen molar-refractivity contribution >= 4 is 102 Å². The molecule has 0 bridgehead atoms. The van der Waals surface area contributed by atoms with Crippen molar-refractivity contribution in [3.63, 3.8) is 0 Å². The van der Waals surface area contributed by atoms with E-state index in [4.69, 9.17) is 107 Å². The van der Waals surface area contributed by atoms with Gasteiger partial charge in [0.25, 0.3) is 0 Å². The maximum absolute atomic E-state index is 13.1. The number of methoxy groups -OCH3 is 1.